The molecular formula is C19H21NO3. The Bertz CT molecular complexity index is 667. The van der Waals surface area contributed by atoms with Crippen molar-refractivity contribution >= 4 is 5.91 Å². The molecular weight excluding hydrogens is 290 g/mol. The Morgan fingerprint density at radius 1 is 1.22 bits per heavy atom. The van der Waals surface area contributed by atoms with Gasteiger partial charge in [-0.1, -0.05) is 30.3 Å². The highest BCUT2D eigenvalue weighted by molar-refractivity contribution is 5.77. The smallest absolute Gasteiger partial charge is 0.220 e. The molecule has 1 heterocycles. The van der Waals surface area contributed by atoms with Crippen LogP contribution in [0.3, 0.4) is 0 Å². The molecule has 3 rings (SSSR count). The predicted molar refractivity (Wildman–Crippen MR) is 88.8 cm³/mol. The van der Waals surface area contributed by atoms with Gasteiger partial charge in [0.2, 0.25) is 5.91 Å². The van der Waals surface area contributed by atoms with Gasteiger partial charge in [-0.15, -0.1) is 0 Å². The summed E-state index contributed by atoms with van der Waals surface area (Å²) < 4.78 is 10.8. The molecule has 1 amide bonds. The van der Waals surface area contributed by atoms with E-state index in [1.165, 1.54) is 0 Å². The molecule has 0 bridgehead atoms. The third-order valence-corrected chi connectivity index (χ3v) is 4.09. The van der Waals surface area contributed by atoms with E-state index in [2.05, 4.69) is 5.32 Å². The standard InChI is InChI=1S/C19H21NO3/c1-22-15-9-6-14(7-10-15)8-11-19(21)20-17-12-13-23-18-5-3-2-4-16(17)18/h2-7,9-10,17H,8,11-13H2,1H3,(H,20,21)/t17-/m0/s1. The number of amides is 1. The van der Waals surface area contributed by atoms with Crippen LogP contribution in [0.1, 0.15) is 30.0 Å². The molecule has 0 aromatic heterocycles. The van der Waals surface area contributed by atoms with Crippen molar-refractivity contribution in [2.45, 2.75) is 25.3 Å². The number of aryl methyl sites for hydroxylation is 1. The average molecular weight is 311 g/mol. The fraction of sp³-hybridized carbons (Fsp3) is 0.316. The molecule has 120 valence electrons. The molecule has 0 aliphatic carbocycles. The number of rotatable bonds is 5. The first-order valence-corrected chi connectivity index (χ1v) is 7.90. The summed E-state index contributed by atoms with van der Waals surface area (Å²) in [6.07, 6.45) is 2.01. The molecule has 4 nitrogen and oxygen atoms in total. The molecule has 1 aliphatic rings. The summed E-state index contributed by atoms with van der Waals surface area (Å²) in [7, 11) is 1.65. The van der Waals surface area contributed by atoms with Gasteiger partial charge in [0.25, 0.3) is 0 Å². The Kier molecular flexibility index (Phi) is 4.81. The summed E-state index contributed by atoms with van der Waals surface area (Å²) in [5.74, 6) is 1.78. The first-order valence-electron chi connectivity index (χ1n) is 7.90. The van der Waals surface area contributed by atoms with Gasteiger partial charge < -0.3 is 14.8 Å². The third kappa shape index (κ3) is 3.83. The van der Waals surface area contributed by atoms with Crippen molar-refractivity contribution in [2.24, 2.45) is 0 Å². The minimum atomic E-state index is 0.0447. The van der Waals surface area contributed by atoms with Gasteiger partial charge in [0.05, 0.1) is 19.8 Å². The molecule has 1 aliphatic heterocycles. The predicted octanol–water partition coefficient (Wildman–Crippen LogP) is 3.27. The maximum atomic E-state index is 12.2. The number of carbonyl (C=O) groups excluding carboxylic acids is 1. The van der Waals surface area contributed by atoms with Gasteiger partial charge in [0, 0.05) is 18.4 Å². The van der Waals surface area contributed by atoms with Crippen LogP contribution in [0, 0.1) is 0 Å². The normalized spacial score (nSPS) is 16.1. The van der Waals surface area contributed by atoms with E-state index in [1.54, 1.807) is 7.11 Å². The summed E-state index contributed by atoms with van der Waals surface area (Å²) in [4.78, 5) is 12.2. The highest BCUT2D eigenvalue weighted by Gasteiger charge is 2.22. The van der Waals surface area contributed by atoms with E-state index in [1.807, 2.05) is 48.5 Å². The molecule has 1 N–H and O–H groups in total. The molecule has 0 saturated heterocycles. The lowest BCUT2D eigenvalue weighted by Gasteiger charge is -2.26. The summed E-state index contributed by atoms with van der Waals surface area (Å²) in [5.41, 5.74) is 2.20. The molecule has 23 heavy (non-hydrogen) atoms. The van der Waals surface area contributed by atoms with Crippen molar-refractivity contribution in [2.75, 3.05) is 13.7 Å². The number of para-hydroxylation sites is 1. The highest BCUT2D eigenvalue weighted by Crippen LogP contribution is 2.31. The molecule has 2 aromatic carbocycles. The van der Waals surface area contributed by atoms with Crippen LogP contribution in [0.25, 0.3) is 0 Å². The topological polar surface area (TPSA) is 47.6 Å². The van der Waals surface area contributed by atoms with E-state index in [9.17, 15) is 4.79 Å². The lowest BCUT2D eigenvalue weighted by molar-refractivity contribution is -0.122. The van der Waals surface area contributed by atoms with Crippen LogP contribution < -0.4 is 14.8 Å². The van der Waals surface area contributed by atoms with Crippen molar-refractivity contribution in [3.05, 3.63) is 59.7 Å². The van der Waals surface area contributed by atoms with Crippen LogP contribution in [0.5, 0.6) is 11.5 Å². The van der Waals surface area contributed by atoms with Crippen molar-refractivity contribution in [1.29, 1.82) is 0 Å². The molecule has 0 saturated carbocycles. The fourth-order valence-corrected chi connectivity index (χ4v) is 2.81. The Morgan fingerprint density at radius 3 is 2.78 bits per heavy atom. The van der Waals surface area contributed by atoms with Gasteiger partial charge in [0.1, 0.15) is 11.5 Å². The second-order valence-corrected chi connectivity index (χ2v) is 5.64. The van der Waals surface area contributed by atoms with Gasteiger partial charge in [-0.25, -0.2) is 0 Å². The number of carbonyl (C=O) groups is 1. The SMILES string of the molecule is COc1ccc(CCC(=O)N[C@H]2CCOc3ccccc32)cc1. The van der Waals surface area contributed by atoms with Crippen LogP contribution in [0.2, 0.25) is 0 Å². The van der Waals surface area contributed by atoms with Crippen LogP contribution in [0.4, 0.5) is 0 Å². The first-order chi connectivity index (χ1) is 11.3. The largest absolute Gasteiger partial charge is 0.497 e. The van der Waals surface area contributed by atoms with Gasteiger partial charge in [-0.3, -0.25) is 4.79 Å². The van der Waals surface area contributed by atoms with E-state index >= 15 is 0 Å². The molecule has 1 atom stereocenters. The highest BCUT2D eigenvalue weighted by atomic mass is 16.5. The minimum absolute atomic E-state index is 0.0447. The number of fused-ring (bicyclic) bond motifs is 1. The maximum Gasteiger partial charge on any atom is 0.220 e. The van der Waals surface area contributed by atoms with E-state index < -0.39 is 0 Å². The van der Waals surface area contributed by atoms with Crippen molar-refractivity contribution in [3.63, 3.8) is 0 Å². The molecule has 0 fully saturated rings. The zero-order valence-electron chi connectivity index (χ0n) is 13.2. The summed E-state index contributed by atoms with van der Waals surface area (Å²) in [5, 5.41) is 3.12. The summed E-state index contributed by atoms with van der Waals surface area (Å²) in [6.45, 7) is 0.639. The summed E-state index contributed by atoms with van der Waals surface area (Å²) >= 11 is 0. The molecule has 4 heteroatoms. The Morgan fingerprint density at radius 2 is 2.00 bits per heavy atom. The molecule has 2 aromatic rings. The third-order valence-electron chi connectivity index (χ3n) is 4.09. The van der Waals surface area contributed by atoms with Crippen LogP contribution in [-0.4, -0.2) is 19.6 Å². The fourth-order valence-electron chi connectivity index (χ4n) is 2.81. The van der Waals surface area contributed by atoms with Crippen molar-refractivity contribution in [1.82, 2.24) is 5.32 Å². The van der Waals surface area contributed by atoms with Gasteiger partial charge >= 0.3 is 0 Å². The van der Waals surface area contributed by atoms with Crippen molar-refractivity contribution < 1.29 is 14.3 Å². The number of benzene rings is 2. The second-order valence-electron chi connectivity index (χ2n) is 5.64. The lowest BCUT2D eigenvalue weighted by atomic mass is 10.00. The van der Waals surface area contributed by atoms with Crippen LogP contribution >= 0.6 is 0 Å². The quantitative estimate of drug-likeness (QED) is 0.922. The monoisotopic (exact) mass is 311 g/mol. The summed E-state index contributed by atoms with van der Waals surface area (Å²) in [6, 6.07) is 15.8. The maximum absolute atomic E-state index is 12.2. The molecule has 0 radical (unpaired) electrons. The van der Waals surface area contributed by atoms with Gasteiger partial charge in [0.15, 0.2) is 0 Å². The van der Waals surface area contributed by atoms with Crippen LogP contribution in [-0.2, 0) is 11.2 Å². The Labute approximate surface area is 136 Å². The minimum Gasteiger partial charge on any atom is -0.497 e. The zero-order chi connectivity index (χ0) is 16.1. The average Bonchev–Trinajstić information content (AvgIpc) is 2.61. The van der Waals surface area contributed by atoms with Crippen LogP contribution in [0.15, 0.2) is 48.5 Å². The van der Waals surface area contributed by atoms with Crippen molar-refractivity contribution in [3.8, 4) is 11.5 Å². The number of nitrogens with one attached hydrogen (secondary N) is 1. The Hall–Kier alpha value is -2.49. The van der Waals surface area contributed by atoms with E-state index in [0.29, 0.717) is 13.0 Å². The van der Waals surface area contributed by atoms with E-state index in [4.69, 9.17) is 9.47 Å². The number of methoxy groups -OCH3 is 1. The number of hydrogen-bond acceptors (Lipinski definition) is 3. The van der Waals surface area contributed by atoms with E-state index in [0.717, 1.165) is 35.5 Å². The molecule has 0 spiro atoms. The second kappa shape index (κ2) is 7.18. The van der Waals surface area contributed by atoms with E-state index in [-0.39, 0.29) is 11.9 Å². The molecule has 0 unspecified atom stereocenters. The first kappa shape index (κ1) is 15.4. The number of ether oxygens (including phenoxy) is 2. The van der Waals surface area contributed by atoms with Gasteiger partial charge in [-0.05, 0) is 30.2 Å². The lowest BCUT2D eigenvalue weighted by Crippen LogP contribution is -2.32. The zero-order valence-corrected chi connectivity index (χ0v) is 13.2. The van der Waals surface area contributed by atoms with Gasteiger partial charge in [-0.2, -0.15) is 0 Å². The number of hydrogen-bond donors (Lipinski definition) is 1. The Balaban J connectivity index is 1.55.